The van der Waals surface area contributed by atoms with Crippen LogP contribution in [0.15, 0.2) is 66.2 Å². The van der Waals surface area contributed by atoms with E-state index in [1.54, 1.807) is 24.3 Å². The molecular formula is C43H54O4. The number of carbonyl (C=O) groups is 2. The van der Waals surface area contributed by atoms with Crippen molar-refractivity contribution >= 4 is 11.9 Å². The van der Waals surface area contributed by atoms with Crippen LogP contribution in [-0.4, -0.2) is 18.0 Å². The molecule has 6 rings (SSSR count). The zero-order chi connectivity index (χ0) is 33.2. The summed E-state index contributed by atoms with van der Waals surface area (Å²) in [4.78, 5) is 25.3. The summed E-state index contributed by atoms with van der Waals surface area (Å²) in [7, 11) is 0. The van der Waals surface area contributed by atoms with Gasteiger partial charge in [-0.05, 0) is 128 Å². The Balaban J connectivity index is 1.04. The van der Waals surface area contributed by atoms with Crippen LogP contribution in [0.4, 0.5) is 0 Å². The molecule has 250 valence electrons. The summed E-state index contributed by atoms with van der Waals surface area (Å²) in [6.07, 6.45) is 16.2. The SMILES string of the molecule is CC(C)CCC[C@@H](C)[C@H]1CC[C@H]2[C@@H]3CC=C4C[C@@H](OC(=O)c5ccc(OC(=O)C#Cc6ccccc6)cc5)CC[C@]4(C)[C@H]3CC[C@]12C. The van der Waals surface area contributed by atoms with Gasteiger partial charge in [0.1, 0.15) is 11.9 Å². The molecule has 0 aliphatic heterocycles. The molecule has 4 aliphatic carbocycles. The van der Waals surface area contributed by atoms with Crippen LogP contribution in [0.3, 0.4) is 0 Å². The Kier molecular flexibility index (Phi) is 10.0. The highest BCUT2D eigenvalue weighted by Crippen LogP contribution is 2.67. The topological polar surface area (TPSA) is 52.6 Å². The second kappa shape index (κ2) is 14.0. The Labute approximate surface area is 283 Å². The van der Waals surface area contributed by atoms with Gasteiger partial charge in [-0.15, -0.1) is 0 Å². The fourth-order valence-electron chi connectivity index (χ4n) is 10.4. The summed E-state index contributed by atoms with van der Waals surface area (Å²) in [5, 5.41) is 0. The van der Waals surface area contributed by atoms with Crippen molar-refractivity contribution in [1.29, 1.82) is 0 Å². The molecule has 3 saturated carbocycles. The number of carbonyl (C=O) groups excluding carboxylic acids is 2. The molecular weight excluding hydrogens is 580 g/mol. The van der Waals surface area contributed by atoms with Crippen molar-refractivity contribution < 1.29 is 19.1 Å². The van der Waals surface area contributed by atoms with Crippen LogP contribution >= 0.6 is 0 Å². The van der Waals surface area contributed by atoms with E-state index in [9.17, 15) is 9.59 Å². The molecule has 4 nitrogen and oxygen atoms in total. The van der Waals surface area contributed by atoms with E-state index < -0.39 is 5.97 Å². The van der Waals surface area contributed by atoms with Gasteiger partial charge in [-0.2, -0.15) is 0 Å². The highest BCUT2D eigenvalue weighted by atomic mass is 16.5. The molecule has 4 aliphatic rings. The fourth-order valence-corrected chi connectivity index (χ4v) is 10.4. The van der Waals surface area contributed by atoms with E-state index in [0.29, 0.717) is 16.7 Å². The summed E-state index contributed by atoms with van der Waals surface area (Å²) >= 11 is 0. The number of hydrogen-bond acceptors (Lipinski definition) is 4. The first-order valence-electron chi connectivity index (χ1n) is 18.4. The Morgan fingerprint density at radius 2 is 1.66 bits per heavy atom. The molecule has 2 aromatic carbocycles. The molecule has 47 heavy (non-hydrogen) atoms. The van der Waals surface area contributed by atoms with E-state index in [4.69, 9.17) is 9.47 Å². The van der Waals surface area contributed by atoms with Crippen molar-refractivity contribution in [2.75, 3.05) is 0 Å². The summed E-state index contributed by atoms with van der Waals surface area (Å²) in [6, 6.07) is 15.9. The first-order chi connectivity index (χ1) is 22.6. The van der Waals surface area contributed by atoms with Crippen LogP contribution in [-0.2, 0) is 9.53 Å². The molecule has 0 N–H and O–H groups in total. The monoisotopic (exact) mass is 634 g/mol. The number of allylic oxidation sites excluding steroid dienone is 1. The first-order valence-corrected chi connectivity index (χ1v) is 18.4. The van der Waals surface area contributed by atoms with E-state index in [2.05, 4.69) is 52.5 Å². The molecule has 8 atom stereocenters. The largest absolute Gasteiger partial charge is 0.458 e. The lowest BCUT2D eigenvalue weighted by Gasteiger charge is -2.58. The van der Waals surface area contributed by atoms with E-state index in [1.165, 1.54) is 56.9 Å². The quantitative estimate of drug-likeness (QED) is 0.126. The third-order valence-electron chi connectivity index (χ3n) is 12.9. The van der Waals surface area contributed by atoms with Crippen LogP contribution in [0.1, 0.15) is 121 Å². The Morgan fingerprint density at radius 3 is 2.40 bits per heavy atom. The number of fused-ring (bicyclic) bond motifs is 5. The predicted octanol–water partition coefficient (Wildman–Crippen LogP) is 10.2. The maximum absolute atomic E-state index is 13.1. The van der Waals surface area contributed by atoms with Gasteiger partial charge < -0.3 is 9.47 Å². The zero-order valence-corrected chi connectivity index (χ0v) is 29.2. The lowest BCUT2D eigenvalue weighted by molar-refractivity contribution is -0.128. The molecule has 0 heterocycles. The van der Waals surface area contributed by atoms with Crippen molar-refractivity contribution in [3.63, 3.8) is 0 Å². The third kappa shape index (κ3) is 7.11. The Morgan fingerprint density at radius 1 is 0.894 bits per heavy atom. The molecule has 0 aromatic heterocycles. The lowest BCUT2D eigenvalue weighted by Crippen LogP contribution is -2.51. The molecule has 0 amide bonds. The summed E-state index contributed by atoms with van der Waals surface area (Å²) in [6.45, 7) is 12.5. The van der Waals surface area contributed by atoms with E-state index in [1.807, 2.05) is 30.3 Å². The second-order valence-electron chi connectivity index (χ2n) is 16.1. The van der Waals surface area contributed by atoms with Gasteiger partial charge in [-0.3, -0.25) is 0 Å². The Bertz CT molecular complexity index is 1510. The van der Waals surface area contributed by atoms with Crippen molar-refractivity contribution in [3.8, 4) is 17.6 Å². The number of esters is 2. The fraction of sp³-hybridized carbons (Fsp3) is 0.581. The minimum absolute atomic E-state index is 0.0967. The molecule has 0 bridgehead atoms. The summed E-state index contributed by atoms with van der Waals surface area (Å²) < 4.78 is 11.4. The van der Waals surface area contributed by atoms with Gasteiger partial charge in [0.05, 0.1) is 5.56 Å². The van der Waals surface area contributed by atoms with E-state index >= 15 is 0 Å². The van der Waals surface area contributed by atoms with Gasteiger partial charge in [0.15, 0.2) is 0 Å². The summed E-state index contributed by atoms with van der Waals surface area (Å²) in [5.41, 5.74) is 3.46. The molecule has 4 heteroatoms. The first kappa shape index (κ1) is 33.6. The predicted molar refractivity (Wildman–Crippen MR) is 188 cm³/mol. The Hall–Kier alpha value is -3.32. The van der Waals surface area contributed by atoms with Crippen molar-refractivity contribution in [2.24, 2.45) is 46.3 Å². The number of benzene rings is 2. The van der Waals surface area contributed by atoms with Crippen LogP contribution in [0.25, 0.3) is 0 Å². The van der Waals surface area contributed by atoms with Gasteiger partial charge >= 0.3 is 11.9 Å². The third-order valence-corrected chi connectivity index (χ3v) is 12.9. The maximum Gasteiger partial charge on any atom is 0.390 e. The average Bonchev–Trinajstić information content (AvgIpc) is 3.42. The molecule has 2 aromatic rings. The molecule has 3 fully saturated rings. The van der Waals surface area contributed by atoms with Crippen molar-refractivity contribution in [3.05, 3.63) is 77.4 Å². The molecule has 0 saturated heterocycles. The van der Waals surface area contributed by atoms with Crippen LogP contribution < -0.4 is 4.74 Å². The maximum atomic E-state index is 13.1. The number of rotatable bonds is 8. The minimum atomic E-state index is -0.639. The van der Waals surface area contributed by atoms with Crippen LogP contribution in [0.2, 0.25) is 0 Å². The van der Waals surface area contributed by atoms with Crippen LogP contribution in [0.5, 0.6) is 5.75 Å². The highest BCUT2D eigenvalue weighted by molar-refractivity contribution is 5.92. The standard InChI is InChI=1S/C43H54O4/c1-29(2)10-9-11-30(3)37-21-22-38-36-20-17-33-28-35(24-26-42(33,4)39(36)25-27-43(37,38)5)47-41(45)32-15-18-34(19-16-32)46-40(44)23-14-31-12-7-6-8-13-31/h6-8,12-13,15-19,29-30,35-39H,9-11,20-22,24-28H2,1-5H3/t30-,35+,36+,37-,38+,39+,42+,43-/m1/s1. The minimum Gasteiger partial charge on any atom is -0.458 e. The van der Waals surface area contributed by atoms with Gasteiger partial charge in [-0.25, -0.2) is 9.59 Å². The average molecular weight is 635 g/mol. The second-order valence-corrected chi connectivity index (χ2v) is 16.1. The zero-order valence-electron chi connectivity index (χ0n) is 29.2. The van der Waals surface area contributed by atoms with Crippen molar-refractivity contribution in [2.45, 2.75) is 111 Å². The van der Waals surface area contributed by atoms with E-state index in [-0.39, 0.29) is 17.5 Å². The highest BCUT2D eigenvalue weighted by Gasteiger charge is 2.59. The van der Waals surface area contributed by atoms with Crippen LogP contribution in [0, 0.1) is 58.2 Å². The number of ether oxygens (including phenoxy) is 2. The molecule has 0 spiro atoms. The lowest BCUT2D eigenvalue weighted by atomic mass is 9.47. The van der Waals surface area contributed by atoms with E-state index in [0.717, 1.165) is 60.3 Å². The van der Waals surface area contributed by atoms with Crippen molar-refractivity contribution in [1.82, 2.24) is 0 Å². The normalized spacial score (nSPS) is 31.7. The van der Waals surface area contributed by atoms with Gasteiger partial charge in [0.2, 0.25) is 0 Å². The summed E-state index contributed by atoms with van der Waals surface area (Å²) in [5.74, 6) is 9.61. The van der Waals surface area contributed by atoms with Gasteiger partial charge in [-0.1, -0.05) is 89.6 Å². The number of hydrogen-bond donors (Lipinski definition) is 0. The smallest absolute Gasteiger partial charge is 0.390 e. The van der Waals surface area contributed by atoms with Gasteiger partial charge in [0.25, 0.3) is 0 Å². The molecule has 0 unspecified atom stereocenters. The van der Waals surface area contributed by atoms with Gasteiger partial charge in [0, 0.05) is 17.9 Å². The molecule has 0 radical (unpaired) electrons.